The number of aliphatic hydroxyl groups excluding tert-OH is 1. The van der Waals surface area contributed by atoms with Gasteiger partial charge in [0.2, 0.25) is 5.84 Å². The Bertz CT molecular complexity index is 472. The number of nitrogens with zero attached hydrogens (tertiary/aromatic N) is 2. The van der Waals surface area contributed by atoms with Gasteiger partial charge in [0.1, 0.15) is 13.1 Å². The van der Waals surface area contributed by atoms with Crippen LogP contribution < -0.4 is 0 Å². The van der Waals surface area contributed by atoms with Gasteiger partial charge in [-0.1, -0.05) is 62.9 Å². The number of quaternary nitrogens is 1. The molecule has 0 bridgehead atoms. The summed E-state index contributed by atoms with van der Waals surface area (Å²) in [6, 6.07) is 10.6. The average molecular weight is 317 g/mol. The topological polar surface area (TPSA) is 32.6 Å². The van der Waals surface area contributed by atoms with Crippen LogP contribution in [0.4, 0.5) is 0 Å². The van der Waals surface area contributed by atoms with Crippen molar-refractivity contribution in [2.45, 2.75) is 51.9 Å². The van der Waals surface area contributed by atoms with E-state index in [1.165, 1.54) is 49.9 Å². The molecule has 0 saturated carbocycles. The Morgan fingerprint density at radius 2 is 1.74 bits per heavy atom. The van der Waals surface area contributed by atoms with Gasteiger partial charge in [-0.25, -0.2) is 4.99 Å². The molecule has 0 aliphatic carbocycles. The first-order chi connectivity index (χ1) is 11.3. The minimum atomic E-state index is 0.254. The Morgan fingerprint density at radius 3 is 2.48 bits per heavy atom. The average Bonchev–Trinajstić information content (AvgIpc) is 2.95. The fourth-order valence-corrected chi connectivity index (χ4v) is 3.63. The maximum atomic E-state index is 9.58. The predicted molar refractivity (Wildman–Crippen MR) is 97.8 cm³/mol. The molecule has 0 fully saturated rings. The summed E-state index contributed by atoms with van der Waals surface area (Å²) in [5, 5.41) is 9.58. The molecule has 0 spiro atoms. The molecule has 1 aromatic rings. The molecule has 128 valence electrons. The molecular weight excluding hydrogens is 284 g/mol. The van der Waals surface area contributed by atoms with Crippen molar-refractivity contribution in [1.82, 2.24) is 0 Å². The number of aliphatic imine (C=N–C) groups is 1. The lowest BCUT2D eigenvalue weighted by Crippen LogP contribution is -2.53. The molecule has 0 radical (unpaired) electrons. The monoisotopic (exact) mass is 317 g/mol. The minimum absolute atomic E-state index is 0.254. The first-order valence-corrected chi connectivity index (χ1v) is 9.35. The number of hydrogen-bond donors (Lipinski definition) is 1. The number of unbranched alkanes of at least 4 members (excludes halogenated alkanes) is 5. The summed E-state index contributed by atoms with van der Waals surface area (Å²) < 4.78 is 0.916. The molecule has 23 heavy (non-hydrogen) atoms. The van der Waals surface area contributed by atoms with Crippen molar-refractivity contribution in [3.63, 3.8) is 0 Å². The van der Waals surface area contributed by atoms with E-state index in [0.717, 1.165) is 37.1 Å². The molecule has 1 N–H and O–H groups in total. The van der Waals surface area contributed by atoms with Crippen LogP contribution in [0.15, 0.2) is 35.3 Å². The Kier molecular flexibility index (Phi) is 7.77. The molecule has 3 heteroatoms. The van der Waals surface area contributed by atoms with Crippen molar-refractivity contribution in [3.05, 3.63) is 35.9 Å². The van der Waals surface area contributed by atoms with E-state index in [0.29, 0.717) is 0 Å². The molecule has 0 amide bonds. The van der Waals surface area contributed by atoms with Crippen molar-refractivity contribution in [3.8, 4) is 0 Å². The number of rotatable bonds is 11. The van der Waals surface area contributed by atoms with E-state index >= 15 is 0 Å². The van der Waals surface area contributed by atoms with Crippen LogP contribution in [-0.4, -0.2) is 48.2 Å². The van der Waals surface area contributed by atoms with Gasteiger partial charge in [0, 0.05) is 0 Å². The van der Waals surface area contributed by atoms with Gasteiger partial charge in [0.15, 0.2) is 0 Å². The lowest BCUT2D eigenvalue weighted by molar-refractivity contribution is -0.837. The van der Waals surface area contributed by atoms with Gasteiger partial charge in [-0.05, 0) is 18.4 Å². The standard InChI is InChI=1S/C20H33N2O/c1-2-3-4-5-6-10-14-22(16-17-23)15-13-21-20(22)18-19-11-8-7-9-12-19/h7-9,11-12,23H,2-6,10,13-18H2,1H3/q+1. The fraction of sp³-hybridized carbons (Fsp3) is 0.650. The van der Waals surface area contributed by atoms with Gasteiger partial charge in [0.25, 0.3) is 0 Å². The Hall–Kier alpha value is -1.19. The zero-order valence-electron chi connectivity index (χ0n) is 14.7. The second kappa shape index (κ2) is 9.84. The Labute approximate surface area is 141 Å². The summed E-state index contributed by atoms with van der Waals surface area (Å²) in [6.07, 6.45) is 8.85. The van der Waals surface area contributed by atoms with Crippen molar-refractivity contribution in [2.24, 2.45) is 4.99 Å². The highest BCUT2D eigenvalue weighted by molar-refractivity contribution is 5.79. The van der Waals surface area contributed by atoms with E-state index in [-0.39, 0.29) is 6.61 Å². The molecule has 2 rings (SSSR count). The highest BCUT2D eigenvalue weighted by Crippen LogP contribution is 2.21. The fourth-order valence-electron chi connectivity index (χ4n) is 3.63. The molecule has 1 unspecified atom stereocenters. The van der Waals surface area contributed by atoms with Crippen LogP contribution in [0.25, 0.3) is 0 Å². The maximum absolute atomic E-state index is 9.58. The highest BCUT2D eigenvalue weighted by Gasteiger charge is 2.36. The molecule has 0 aromatic heterocycles. The van der Waals surface area contributed by atoms with Crippen LogP contribution in [0.2, 0.25) is 0 Å². The smallest absolute Gasteiger partial charge is 0.202 e. The third-order valence-electron chi connectivity index (χ3n) is 5.04. The van der Waals surface area contributed by atoms with Crippen LogP contribution in [0.3, 0.4) is 0 Å². The zero-order chi connectivity index (χ0) is 16.4. The lowest BCUT2D eigenvalue weighted by Gasteiger charge is -2.34. The van der Waals surface area contributed by atoms with E-state index in [2.05, 4.69) is 37.3 Å². The minimum Gasteiger partial charge on any atom is -0.390 e. The van der Waals surface area contributed by atoms with Crippen molar-refractivity contribution in [2.75, 3.05) is 32.8 Å². The molecule has 1 atom stereocenters. The van der Waals surface area contributed by atoms with Crippen LogP contribution in [-0.2, 0) is 6.42 Å². The molecule has 1 aliphatic rings. The number of aliphatic hydroxyl groups is 1. The summed E-state index contributed by atoms with van der Waals surface area (Å²) in [4.78, 5) is 4.81. The van der Waals surface area contributed by atoms with Gasteiger partial charge in [-0.3, -0.25) is 4.48 Å². The van der Waals surface area contributed by atoms with Crippen LogP contribution in [0, 0.1) is 0 Å². The predicted octanol–water partition coefficient (Wildman–Crippen LogP) is 3.81. The van der Waals surface area contributed by atoms with E-state index < -0.39 is 0 Å². The summed E-state index contributed by atoms with van der Waals surface area (Å²) in [5.74, 6) is 1.28. The number of benzene rings is 1. The summed E-state index contributed by atoms with van der Waals surface area (Å²) in [5.41, 5.74) is 1.33. The van der Waals surface area contributed by atoms with Gasteiger partial charge < -0.3 is 5.11 Å². The quantitative estimate of drug-likeness (QED) is 0.488. The molecular formula is C20H33N2O+. The highest BCUT2D eigenvalue weighted by atomic mass is 16.3. The number of amidine groups is 1. The maximum Gasteiger partial charge on any atom is 0.202 e. The second-order valence-corrected chi connectivity index (χ2v) is 6.77. The van der Waals surface area contributed by atoms with Crippen molar-refractivity contribution < 1.29 is 9.59 Å². The number of hydrogen-bond acceptors (Lipinski definition) is 2. The van der Waals surface area contributed by atoms with Crippen LogP contribution >= 0.6 is 0 Å². The van der Waals surface area contributed by atoms with E-state index in [1.54, 1.807) is 0 Å². The van der Waals surface area contributed by atoms with Gasteiger partial charge in [-0.2, -0.15) is 0 Å². The van der Waals surface area contributed by atoms with Gasteiger partial charge in [-0.15, -0.1) is 0 Å². The molecule has 1 aliphatic heterocycles. The third-order valence-corrected chi connectivity index (χ3v) is 5.04. The lowest BCUT2D eigenvalue weighted by atomic mass is 10.1. The first kappa shape index (κ1) is 18.2. The third kappa shape index (κ3) is 5.43. The normalized spacial score (nSPS) is 20.7. The Morgan fingerprint density at radius 1 is 1.00 bits per heavy atom. The molecule has 1 aromatic carbocycles. The van der Waals surface area contributed by atoms with Crippen LogP contribution in [0.1, 0.15) is 51.0 Å². The van der Waals surface area contributed by atoms with Gasteiger partial charge >= 0.3 is 0 Å². The van der Waals surface area contributed by atoms with Gasteiger partial charge in [0.05, 0.1) is 26.1 Å². The molecule has 0 saturated heterocycles. The van der Waals surface area contributed by atoms with E-state index in [9.17, 15) is 5.11 Å². The zero-order valence-corrected chi connectivity index (χ0v) is 14.7. The molecule has 3 nitrogen and oxygen atoms in total. The SMILES string of the molecule is CCCCCCCC[N+]1(CCO)CCN=C1Cc1ccccc1. The first-order valence-electron chi connectivity index (χ1n) is 9.35. The van der Waals surface area contributed by atoms with E-state index in [4.69, 9.17) is 4.99 Å². The second-order valence-electron chi connectivity index (χ2n) is 6.77. The summed E-state index contributed by atoms with van der Waals surface area (Å²) in [6.45, 7) is 6.45. The summed E-state index contributed by atoms with van der Waals surface area (Å²) >= 11 is 0. The largest absolute Gasteiger partial charge is 0.390 e. The molecule has 1 heterocycles. The van der Waals surface area contributed by atoms with E-state index in [1.807, 2.05) is 0 Å². The van der Waals surface area contributed by atoms with Crippen molar-refractivity contribution >= 4 is 5.84 Å². The Balaban J connectivity index is 1.91. The summed E-state index contributed by atoms with van der Waals surface area (Å²) in [7, 11) is 0. The van der Waals surface area contributed by atoms with Crippen LogP contribution in [0.5, 0.6) is 0 Å². The van der Waals surface area contributed by atoms with Crippen molar-refractivity contribution in [1.29, 1.82) is 0 Å².